The van der Waals surface area contributed by atoms with Crippen LogP contribution in [-0.4, -0.2) is 5.91 Å². The van der Waals surface area contributed by atoms with Crippen LogP contribution in [0.1, 0.15) is 16.7 Å². The molecule has 2 aromatic carbocycles. The number of carbonyl (C=O) groups excluding carboxylic acids is 1. The van der Waals surface area contributed by atoms with Gasteiger partial charge in [0.25, 0.3) is 5.91 Å². The zero-order valence-electron chi connectivity index (χ0n) is 10.5. The number of amides is 1. The number of fused-ring (bicyclic) bond motifs is 1. The Morgan fingerprint density at radius 1 is 1.10 bits per heavy atom. The maximum atomic E-state index is 12.5. The van der Waals surface area contributed by atoms with Crippen LogP contribution < -0.4 is 5.32 Å². The number of halogens is 3. The molecule has 0 bridgehead atoms. The fourth-order valence-electron chi connectivity index (χ4n) is 2.55. The van der Waals surface area contributed by atoms with Crippen molar-refractivity contribution in [3.05, 3.63) is 63.1 Å². The summed E-state index contributed by atoms with van der Waals surface area (Å²) in [6.45, 7) is 1.90. The first-order chi connectivity index (χ1) is 9.46. The predicted octanol–water partition coefficient (Wildman–Crippen LogP) is 4.89. The zero-order valence-corrected chi connectivity index (χ0v) is 13.6. The van der Waals surface area contributed by atoms with Crippen molar-refractivity contribution in [2.45, 2.75) is 11.2 Å². The SMILES string of the molecule is Cc1c(Cl)ccc2c1C(Br)(c1ccccc1Cl)C(=O)N2. The molecule has 102 valence electrons. The Morgan fingerprint density at radius 3 is 2.50 bits per heavy atom. The standard InChI is InChI=1S/C15H10BrCl2NO/c1-8-10(17)6-7-12-13(8)15(16,14(20)19-12)9-4-2-3-5-11(9)18/h2-7H,1H3,(H,19,20). The molecule has 0 saturated heterocycles. The van der Waals surface area contributed by atoms with Gasteiger partial charge in [0.1, 0.15) is 0 Å². The summed E-state index contributed by atoms with van der Waals surface area (Å²) in [6.07, 6.45) is 0. The van der Waals surface area contributed by atoms with Gasteiger partial charge in [0.05, 0.1) is 0 Å². The van der Waals surface area contributed by atoms with Crippen LogP contribution in [0, 0.1) is 6.92 Å². The van der Waals surface area contributed by atoms with E-state index >= 15 is 0 Å². The summed E-state index contributed by atoms with van der Waals surface area (Å²) in [6, 6.07) is 10.9. The highest BCUT2D eigenvalue weighted by atomic mass is 79.9. The molecule has 0 fully saturated rings. The van der Waals surface area contributed by atoms with Crippen LogP contribution in [0.15, 0.2) is 36.4 Å². The molecule has 1 N–H and O–H groups in total. The molecule has 20 heavy (non-hydrogen) atoms. The minimum Gasteiger partial charge on any atom is -0.324 e. The molecule has 1 aliphatic heterocycles. The summed E-state index contributed by atoms with van der Waals surface area (Å²) in [7, 11) is 0. The van der Waals surface area contributed by atoms with Crippen molar-refractivity contribution in [3.8, 4) is 0 Å². The normalized spacial score (nSPS) is 20.7. The quantitative estimate of drug-likeness (QED) is 0.711. The Kier molecular flexibility index (Phi) is 3.32. The number of nitrogens with one attached hydrogen (secondary N) is 1. The first kappa shape index (κ1) is 13.9. The van der Waals surface area contributed by atoms with Crippen LogP contribution in [0.5, 0.6) is 0 Å². The third kappa shape index (κ3) is 1.80. The molecule has 0 aromatic heterocycles. The number of hydrogen-bond acceptors (Lipinski definition) is 1. The van der Waals surface area contributed by atoms with Gasteiger partial charge in [-0.2, -0.15) is 0 Å². The number of benzene rings is 2. The molecule has 3 rings (SSSR count). The largest absolute Gasteiger partial charge is 0.324 e. The fourth-order valence-corrected chi connectivity index (χ4v) is 4.06. The minimum atomic E-state index is -1.00. The lowest BCUT2D eigenvalue weighted by atomic mass is 9.89. The Labute approximate surface area is 135 Å². The fraction of sp³-hybridized carbons (Fsp3) is 0.133. The number of hydrogen-bond donors (Lipinski definition) is 1. The molecule has 2 nitrogen and oxygen atoms in total. The maximum Gasteiger partial charge on any atom is 0.250 e. The number of anilines is 1. The second-order valence-electron chi connectivity index (χ2n) is 4.69. The molecule has 2 aromatic rings. The molecule has 1 unspecified atom stereocenters. The average Bonchev–Trinajstić information content (AvgIpc) is 2.68. The lowest BCUT2D eigenvalue weighted by molar-refractivity contribution is -0.116. The highest BCUT2D eigenvalue weighted by Gasteiger charge is 2.48. The number of rotatable bonds is 1. The molecular formula is C15H10BrCl2NO. The van der Waals surface area contributed by atoms with Crippen LogP contribution in [0.2, 0.25) is 10.0 Å². The zero-order chi connectivity index (χ0) is 14.5. The summed E-state index contributed by atoms with van der Waals surface area (Å²) < 4.78 is -1.00. The van der Waals surface area contributed by atoms with E-state index in [2.05, 4.69) is 21.2 Å². The van der Waals surface area contributed by atoms with Crippen molar-refractivity contribution in [2.24, 2.45) is 0 Å². The molecule has 1 atom stereocenters. The van der Waals surface area contributed by atoms with Crippen molar-refractivity contribution >= 4 is 50.7 Å². The van der Waals surface area contributed by atoms with E-state index < -0.39 is 4.32 Å². The first-order valence-electron chi connectivity index (χ1n) is 6.01. The lowest BCUT2D eigenvalue weighted by Gasteiger charge is -2.23. The predicted molar refractivity (Wildman–Crippen MR) is 86.0 cm³/mol. The van der Waals surface area contributed by atoms with Gasteiger partial charge in [-0.1, -0.05) is 57.3 Å². The summed E-state index contributed by atoms with van der Waals surface area (Å²) in [5, 5.41) is 4.03. The van der Waals surface area contributed by atoms with Crippen molar-refractivity contribution in [2.75, 3.05) is 5.32 Å². The highest BCUT2D eigenvalue weighted by molar-refractivity contribution is 9.10. The van der Waals surface area contributed by atoms with E-state index in [1.54, 1.807) is 12.1 Å². The van der Waals surface area contributed by atoms with E-state index in [1.807, 2.05) is 31.2 Å². The van der Waals surface area contributed by atoms with Crippen LogP contribution in [0.4, 0.5) is 5.69 Å². The molecule has 0 saturated carbocycles. The van der Waals surface area contributed by atoms with Crippen molar-refractivity contribution in [1.29, 1.82) is 0 Å². The van der Waals surface area contributed by atoms with Gasteiger partial charge >= 0.3 is 0 Å². The van der Waals surface area contributed by atoms with Gasteiger partial charge in [0.2, 0.25) is 0 Å². The van der Waals surface area contributed by atoms with E-state index in [0.29, 0.717) is 15.6 Å². The number of carbonyl (C=O) groups is 1. The van der Waals surface area contributed by atoms with E-state index in [4.69, 9.17) is 23.2 Å². The van der Waals surface area contributed by atoms with E-state index in [-0.39, 0.29) is 5.91 Å². The monoisotopic (exact) mass is 369 g/mol. The number of alkyl halides is 1. The molecule has 1 amide bonds. The maximum absolute atomic E-state index is 12.5. The van der Waals surface area contributed by atoms with Crippen LogP contribution in [0.3, 0.4) is 0 Å². The van der Waals surface area contributed by atoms with Crippen LogP contribution in [-0.2, 0) is 9.12 Å². The van der Waals surface area contributed by atoms with Gasteiger partial charge in [0, 0.05) is 26.9 Å². The Morgan fingerprint density at radius 2 is 1.80 bits per heavy atom. The molecule has 1 heterocycles. The van der Waals surface area contributed by atoms with Gasteiger partial charge in [-0.3, -0.25) is 4.79 Å². The van der Waals surface area contributed by atoms with Crippen molar-refractivity contribution in [1.82, 2.24) is 0 Å². The summed E-state index contributed by atoms with van der Waals surface area (Å²) in [4.78, 5) is 12.5. The van der Waals surface area contributed by atoms with Gasteiger partial charge in [-0.25, -0.2) is 0 Å². The molecule has 5 heteroatoms. The second-order valence-corrected chi connectivity index (χ2v) is 6.69. The van der Waals surface area contributed by atoms with Crippen molar-refractivity contribution in [3.63, 3.8) is 0 Å². The molecule has 0 spiro atoms. The van der Waals surface area contributed by atoms with Gasteiger partial charge in [-0.15, -0.1) is 0 Å². The van der Waals surface area contributed by atoms with Crippen molar-refractivity contribution < 1.29 is 4.79 Å². The first-order valence-corrected chi connectivity index (χ1v) is 7.56. The molecule has 0 radical (unpaired) electrons. The topological polar surface area (TPSA) is 29.1 Å². The Hall–Kier alpha value is -1.03. The Balaban J connectivity index is 2.34. The summed E-state index contributed by atoms with van der Waals surface area (Å²) in [5.74, 6) is -0.161. The van der Waals surface area contributed by atoms with E-state index in [1.165, 1.54) is 0 Å². The molecule has 1 aliphatic rings. The summed E-state index contributed by atoms with van der Waals surface area (Å²) in [5.41, 5.74) is 3.15. The molecular weight excluding hydrogens is 361 g/mol. The average molecular weight is 371 g/mol. The van der Waals surface area contributed by atoms with E-state index in [9.17, 15) is 4.79 Å². The van der Waals surface area contributed by atoms with Gasteiger partial charge in [0.15, 0.2) is 4.32 Å². The van der Waals surface area contributed by atoms with E-state index in [0.717, 1.165) is 16.8 Å². The second kappa shape index (κ2) is 4.76. The van der Waals surface area contributed by atoms with Crippen LogP contribution in [0.25, 0.3) is 0 Å². The van der Waals surface area contributed by atoms with Crippen LogP contribution >= 0.6 is 39.1 Å². The third-order valence-corrected chi connectivity index (χ3v) is 5.47. The van der Waals surface area contributed by atoms with Gasteiger partial charge in [-0.05, 0) is 30.7 Å². The highest BCUT2D eigenvalue weighted by Crippen LogP contribution is 2.51. The Bertz CT molecular complexity index is 732. The van der Waals surface area contributed by atoms with Gasteiger partial charge < -0.3 is 5.32 Å². The summed E-state index contributed by atoms with van der Waals surface area (Å²) >= 11 is 16.1. The third-order valence-electron chi connectivity index (χ3n) is 3.55. The minimum absolute atomic E-state index is 0.161. The lowest BCUT2D eigenvalue weighted by Crippen LogP contribution is -2.30. The smallest absolute Gasteiger partial charge is 0.250 e. The molecule has 0 aliphatic carbocycles.